The third-order valence-corrected chi connectivity index (χ3v) is 2.89. The highest BCUT2D eigenvalue weighted by Gasteiger charge is 2.13. The Hall–Kier alpha value is -0.120. The van der Waals surface area contributed by atoms with Gasteiger partial charge in [0.2, 0.25) is 0 Å². The topological polar surface area (TPSA) is 41.5 Å². The van der Waals surface area contributed by atoms with Gasteiger partial charge >= 0.3 is 0 Å². The van der Waals surface area contributed by atoms with Crippen molar-refractivity contribution in [2.75, 3.05) is 32.9 Å². The third-order valence-electron chi connectivity index (χ3n) is 2.89. The van der Waals surface area contributed by atoms with Crippen LogP contribution in [0.1, 0.15) is 26.2 Å². The molecule has 1 saturated heterocycles. The molecule has 1 fully saturated rings. The molecular weight excluding hydrogens is 178 g/mol. The van der Waals surface area contributed by atoms with E-state index in [1.807, 2.05) is 0 Å². The third kappa shape index (κ3) is 4.94. The van der Waals surface area contributed by atoms with E-state index in [4.69, 9.17) is 9.84 Å². The van der Waals surface area contributed by atoms with Gasteiger partial charge in [-0.1, -0.05) is 6.92 Å². The summed E-state index contributed by atoms with van der Waals surface area (Å²) in [7, 11) is 0. The second-order valence-corrected chi connectivity index (χ2v) is 4.33. The SMILES string of the molecule is CC(CCO)CNCC1CCOCC1. The molecule has 0 aliphatic carbocycles. The Balaban J connectivity index is 1.96. The van der Waals surface area contributed by atoms with Gasteiger partial charge in [-0.2, -0.15) is 0 Å². The molecule has 0 radical (unpaired) electrons. The molecule has 0 aromatic rings. The van der Waals surface area contributed by atoms with Crippen molar-refractivity contribution < 1.29 is 9.84 Å². The normalized spacial score (nSPS) is 21.0. The zero-order chi connectivity index (χ0) is 10.2. The van der Waals surface area contributed by atoms with E-state index in [2.05, 4.69) is 12.2 Å². The van der Waals surface area contributed by atoms with E-state index >= 15 is 0 Å². The number of aliphatic hydroxyl groups excluding tert-OH is 1. The molecule has 1 rings (SSSR count). The smallest absolute Gasteiger partial charge is 0.0469 e. The minimum absolute atomic E-state index is 0.306. The highest BCUT2D eigenvalue weighted by Crippen LogP contribution is 2.13. The van der Waals surface area contributed by atoms with E-state index in [1.54, 1.807) is 0 Å². The predicted octanol–water partition coefficient (Wildman–Crippen LogP) is 1.02. The average Bonchev–Trinajstić information content (AvgIpc) is 2.20. The van der Waals surface area contributed by atoms with E-state index in [0.29, 0.717) is 12.5 Å². The molecule has 3 heteroatoms. The maximum absolute atomic E-state index is 8.74. The molecule has 0 amide bonds. The van der Waals surface area contributed by atoms with Crippen molar-refractivity contribution >= 4 is 0 Å². The van der Waals surface area contributed by atoms with Crippen LogP contribution in [0, 0.1) is 11.8 Å². The molecule has 0 aromatic carbocycles. The van der Waals surface area contributed by atoms with E-state index < -0.39 is 0 Å². The predicted molar refractivity (Wildman–Crippen MR) is 57.3 cm³/mol. The Kier molecular flexibility index (Phi) is 6.15. The fourth-order valence-electron chi connectivity index (χ4n) is 1.81. The number of hydrogen-bond donors (Lipinski definition) is 2. The molecule has 2 N–H and O–H groups in total. The van der Waals surface area contributed by atoms with Crippen molar-refractivity contribution in [1.29, 1.82) is 0 Å². The summed E-state index contributed by atoms with van der Waals surface area (Å²) in [5.74, 6) is 1.38. The number of rotatable bonds is 6. The monoisotopic (exact) mass is 201 g/mol. The molecule has 3 nitrogen and oxygen atoms in total. The van der Waals surface area contributed by atoms with Gasteiger partial charge in [0.15, 0.2) is 0 Å². The molecular formula is C11H23NO2. The highest BCUT2D eigenvalue weighted by atomic mass is 16.5. The Bertz CT molecular complexity index is 135. The molecule has 1 heterocycles. The van der Waals surface area contributed by atoms with Crippen LogP contribution in [0.3, 0.4) is 0 Å². The lowest BCUT2D eigenvalue weighted by atomic mass is 10.00. The van der Waals surface area contributed by atoms with Crippen LogP contribution in [0.4, 0.5) is 0 Å². The van der Waals surface area contributed by atoms with E-state index in [0.717, 1.165) is 38.6 Å². The molecule has 0 aromatic heterocycles. The van der Waals surface area contributed by atoms with Crippen LogP contribution in [0.15, 0.2) is 0 Å². The van der Waals surface area contributed by atoms with Crippen LogP contribution in [0.5, 0.6) is 0 Å². The van der Waals surface area contributed by atoms with Gasteiger partial charge in [-0.25, -0.2) is 0 Å². The van der Waals surface area contributed by atoms with Crippen LogP contribution < -0.4 is 5.32 Å². The van der Waals surface area contributed by atoms with Gasteiger partial charge in [0.1, 0.15) is 0 Å². The van der Waals surface area contributed by atoms with Crippen LogP contribution >= 0.6 is 0 Å². The number of hydrogen-bond acceptors (Lipinski definition) is 3. The molecule has 84 valence electrons. The second kappa shape index (κ2) is 7.21. The first-order valence-corrected chi connectivity index (χ1v) is 5.72. The molecule has 1 unspecified atom stereocenters. The molecule has 1 aliphatic heterocycles. The van der Waals surface area contributed by atoms with Gasteiger partial charge in [0.25, 0.3) is 0 Å². The number of nitrogens with one attached hydrogen (secondary N) is 1. The first-order valence-electron chi connectivity index (χ1n) is 5.72. The van der Waals surface area contributed by atoms with Gasteiger partial charge in [0.05, 0.1) is 0 Å². The molecule has 14 heavy (non-hydrogen) atoms. The van der Waals surface area contributed by atoms with Crippen molar-refractivity contribution in [2.24, 2.45) is 11.8 Å². The van der Waals surface area contributed by atoms with E-state index in [9.17, 15) is 0 Å². The zero-order valence-electron chi connectivity index (χ0n) is 9.17. The average molecular weight is 201 g/mol. The maximum atomic E-state index is 8.74. The van der Waals surface area contributed by atoms with Crippen molar-refractivity contribution in [3.05, 3.63) is 0 Å². The maximum Gasteiger partial charge on any atom is 0.0469 e. The lowest BCUT2D eigenvalue weighted by Gasteiger charge is -2.23. The molecule has 1 aliphatic rings. The molecule has 0 saturated carbocycles. The first kappa shape index (κ1) is 12.0. The van der Waals surface area contributed by atoms with Gasteiger partial charge in [0, 0.05) is 19.8 Å². The minimum atomic E-state index is 0.306. The van der Waals surface area contributed by atoms with Gasteiger partial charge < -0.3 is 15.2 Å². The van der Waals surface area contributed by atoms with Crippen LogP contribution in [0.25, 0.3) is 0 Å². The Labute approximate surface area is 86.8 Å². The quantitative estimate of drug-likeness (QED) is 0.674. The summed E-state index contributed by atoms with van der Waals surface area (Å²) in [6, 6.07) is 0. The Morgan fingerprint density at radius 1 is 1.43 bits per heavy atom. The van der Waals surface area contributed by atoms with Gasteiger partial charge in [-0.15, -0.1) is 0 Å². The summed E-state index contributed by atoms with van der Waals surface area (Å²) in [6.45, 7) is 6.47. The zero-order valence-corrected chi connectivity index (χ0v) is 9.17. The Morgan fingerprint density at radius 3 is 2.79 bits per heavy atom. The highest BCUT2D eigenvalue weighted by molar-refractivity contribution is 4.67. The largest absolute Gasteiger partial charge is 0.396 e. The summed E-state index contributed by atoms with van der Waals surface area (Å²) in [5.41, 5.74) is 0. The summed E-state index contributed by atoms with van der Waals surface area (Å²) in [4.78, 5) is 0. The second-order valence-electron chi connectivity index (χ2n) is 4.33. The van der Waals surface area contributed by atoms with E-state index in [-0.39, 0.29) is 0 Å². The fraction of sp³-hybridized carbons (Fsp3) is 1.00. The van der Waals surface area contributed by atoms with Crippen LogP contribution in [0.2, 0.25) is 0 Å². The number of ether oxygens (including phenoxy) is 1. The van der Waals surface area contributed by atoms with Crippen molar-refractivity contribution in [1.82, 2.24) is 5.32 Å². The summed E-state index contributed by atoms with van der Waals surface area (Å²) in [5, 5.41) is 12.2. The van der Waals surface area contributed by atoms with Crippen molar-refractivity contribution in [2.45, 2.75) is 26.2 Å². The molecule has 0 bridgehead atoms. The summed E-state index contributed by atoms with van der Waals surface area (Å²) < 4.78 is 5.30. The number of aliphatic hydroxyl groups is 1. The summed E-state index contributed by atoms with van der Waals surface area (Å²) >= 11 is 0. The molecule has 0 spiro atoms. The van der Waals surface area contributed by atoms with Crippen LogP contribution in [-0.4, -0.2) is 38.0 Å². The lowest BCUT2D eigenvalue weighted by molar-refractivity contribution is 0.0660. The Morgan fingerprint density at radius 2 is 2.14 bits per heavy atom. The fourth-order valence-corrected chi connectivity index (χ4v) is 1.81. The summed E-state index contributed by atoms with van der Waals surface area (Å²) in [6.07, 6.45) is 3.30. The molecule has 1 atom stereocenters. The van der Waals surface area contributed by atoms with Gasteiger partial charge in [-0.3, -0.25) is 0 Å². The van der Waals surface area contributed by atoms with E-state index in [1.165, 1.54) is 12.8 Å². The van der Waals surface area contributed by atoms with Crippen LogP contribution in [-0.2, 0) is 4.74 Å². The van der Waals surface area contributed by atoms with Crippen molar-refractivity contribution in [3.63, 3.8) is 0 Å². The van der Waals surface area contributed by atoms with Crippen molar-refractivity contribution in [3.8, 4) is 0 Å². The standard InChI is InChI=1S/C11H23NO2/c1-10(2-5-13)8-12-9-11-3-6-14-7-4-11/h10-13H,2-9H2,1H3. The minimum Gasteiger partial charge on any atom is -0.396 e. The van der Waals surface area contributed by atoms with Gasteiger partial charge in [-0.05, 0) is 44.2 Å². The first-order chi connectivity index (χ1) is 6.83. The lowest BCUT2D eigenvalue weighted by Crippen LogP contribution is -2.30.